The van der Waals surface area contributed by atoms with Crippen LogP contribution < -0.4 is 0 Å². The van der Waals surface area contributed by atoms with E-state index < -0.39 is 5.78 Å². The summed E-state index contributed by atoms with van der Waals surface area (Å²) in [4.78, 5) is 16.3. The molecule has 0 radical (unpaired) electrons. The third-order valence-electron chi connectivity index (χ3n) is 3.75. The van der Waals surface area contributed by atoms with Gasteiger partial charge in [-0.3, -0.25) is 4.79 Å². The average molecular weight is 390 g/mol. The Labute approximate surface area is 159 Å². The number of allylic oxidation sites excluding steroid dienone is 3. The zero-order valence-corrected chi connectivity index (χ0v) is 14.8. The number of nitrogens with zero attached hydrogens (tertiary/aromatic N) is 1. The van der Waals surface area contributed by atoms with Crippen LogP contribution in [0.3, 0.4) is 0 Å². The van der Waals surface area contributed by atoms with Crippen molar-refractivity contribution in [3.63, 3.8) is 0 Å². The maximum atomic E-state index is 12.1. The number of phenolic OH excluding ortho intramolecular Hbond substituents is 2. The van der Waals surface area contributed by atoms with Crippen molar-refractivity contribution in [2.75, 3.05) is 0 Å². The van der Waals surface area contributed by atoms with Crippen molar-refractivity contribution in [1.82, 2.24) is 0 Å². The van der Waals surface area contributed by atoms with Crippen LogP contribution in [0.5, 0.6) is 11.5 Å². The molecule has 26 heavy (non-hydrogen) atoms. The summed E-state index contributed by atoms with van der Waals surface area (Å²) in [6, 6.07) is 9.04. The average Bonchev–Trinajstić information content (AvgIpc) is 2.58. The van der Waals surface area contributed by atoms with Gasteiger partial charge < -0.3 is 15.3 Å². The van der Waals surface area contributed by atoms with Gasteiger partial charge >= 0.3 is 0 Å². The number of carbonyl (C=O) groups excluding carboxylic acids is 1. The van der Waals surface area contributed by atoms with E-state index in [9.17, 15) is 20.1 Å². The van der Waals surface area contributed by atoms with Crippen LogP contribution in [0.2, 0.25) is 10.0 Å². The maximum absolute atomic E-state index is 12.1. The Kier molecular flexibility index (Phi) is 5.02. The largest absolute Gasteiger partial charge is 0.508 e. The van der Waals surface area contributed by atoms with E-state index in [1.807, 2.05) is 0 Å². The smallest absolute Gasteiger partial charge is 0.207 e. The van der Waals surface area contributed by atoms with E-state index in [1.54, 1.807) is 12.1 Å². The highest BCUT2D eigenvalue weighted by Gasteiger charge is 2.19. The normalized spacial score (nSPS) is 15.8. The minimum Gasteiger partial charge on any atom is -0.508 e. The molecular formula is C19H13Cl2NO4. The van der Waals surface area contributed by atoms with Gasteiger partial charge in [-0.05, 0) is 42.0 Å². The van der Waals surface area contributed by atoms with Gasteiger partial charge in [0.1, 0.15) is 23.0 Å². The number of carbonyl (C=O) groups is 1. The number of halogens is 2. The molecule has 0 saturated carbocycles. The van der Waals surface area contributed by atoms with E-state index in [4.69, 9.17) is 23.2 Å². The Morgan fingerprint density at radius 1 is 0.885 bits per heavy atom. The number of ketones is 1. The lowest BCUT2D eigenvalue weighted by molar-refractivity contribution is -0.109. The lowest BCUT2D eigenvalue weighted by Gasteiger charge is -2.13. The van der Waals surface area contributed by atoms with Gasteiger partial charge in [-0.25, -0.2) is 4.99 Å². The van der Waals surface area contributed by atoms with E-state index in [0.29, 0.717) is 17.7 Å². The van der Waals surface area contributed by atoms with Crippen molar-refractivity contribution >= 4 is 40.4 Å². The molecule has 0 spiro atoms. The predicted octanol–water partition coefficient (Wildman–Crippen LogP) is 4.67. The Morgan fingerprint density at radius 3 is 2.19 bits per heavy atom. The van der Waals surface area contributed by atoms with Crippen LogP contribution in [0.15, 0.2) is 64.9 Å². The molecule has 1 aliphatic rings. The highest BCUT2D eigenvalue weighted by Crippen LogP contribution is 2.29. The molecule has 2 aromatic carbocycles. The fourth-order valence-electron chi connectivity index (χ4n) is 2.41. The molecule has 0 amide bonds. The first-order valence-corrected chi connectivity index (χ1v) is 8.29. The van der Waals surface area contributed by atoms with Crippen molar-refractivity contribution in [3.8, 4) is 11.5 Å². The molecule has 0 saturated heterocycles. The number of aromatic hydroxyl groups is 2. The Morgan fingerprint density at radius 2 is 1.54 bits per heavy atom. The van der Waals surface area contributed by atoms with E-state index >= 15 is 0 Å². The second-order valence-corrected chi connectivity index (χ2v) is 6.47. The van der Waals surface area contributed by atoms with Crippen LogP contribution in [0, 0.1) is 0 Å². The molecule has 0 aliphatic heterocycles. The van der Waals surface area contributed by atoms with Crippen molar-refractivity contribution < 1.29 is 20.1 Å². The van der Waals surface area contributed by atoms with E-state index in [1.165, 1.54) is 30.3 Å². The number of hydrogen-bond acceptors (Lipinski definition) is 5. The van der Waals surface area contributed by atoms with Crippen LogP contribution in [-0.4, -0.2) is 26.8 Å². The van der Waals surface area contributed by atoms with Gasteiger partial charge in [0, 0.05) is 18.1 Å². The summed E-state index contributed by atoms with van der Waals surface area (Å²) in [7, 11) is 0. The summed E-state index contributed by atoms with van der Waals surface area (Å²) < 4.78 is 0. The summed E-state index contributed by atoms with van der Waals surface area (Å²) in [5.41, 5.74) is 1.76. The maximum Gasteiger partial charge on any atom is 0.207 e. The number of rotatable bonds is 3. The van der Waals surface area contributed by atoms with Gasteiger partial charge in [0.2, 0.25) is 5.78 Å². The molecule has 0 unspecified atom stereocenters. The van der Waals surface area contributed by atoms with Crippen molar-refractivity contribution in [3.05, 3.63) is 75.5 Å². The monoisotopic (exact) mass is 389 g/mol. The van der Waals surface area contributed by atoms with E-state index in [-0.39, 0.29) is 33.0 Å². The van der Waals surface area contributed by atoms with Gasteiger partial charge in [-0.1, -0.05) is 29.3 Å². The van der Waals surface area contributed by atoms with Gasteiger partial charge in [0.25, 0.3) is 0 Å². The standard InChI is InChI=1S/C19H13Cl2NO4/c20-13-6-10(1-3-16(13)23)5-11-7-15(19(26)9-18(11)25)22-12-2-4-17(24)14(21)8-12/h1-4,6-9,23-25H,5H2. The van der Waals surface area contributed by atoms with E-state index in [0.717, 1.165) is 11.6 Å². The Balaban J connectivity index is 1.93. The summed E-state index contributed by atoms with van der Waals surface area (Å²) in [6.45, 7) is 0. The molecule has 0 bridgehead atoms. The number of aliphatic imine (C=N–C) groups is 1. The molecular weight excluding hydrogens is 377 g/mol. The molecule has 0 atom stereocenters. The Hall–Kier alpha value is -2.76. The molecule has 2 aromatic rings. The van der Waals surface area contributed by atoms with Gasteiger partial charge in [-0.15, -0.1) is 0 Å². The van der Waals surface area contributed by atoms with Crippen LogP contribution in [0.25, 0.3) is 0 Å². The quantitative estimate of drug-likeness (QED) is 0.665. The number of phenols is 2. The first kappa shape index (κ1) is 18.0. The summed E-state index contributed by atoms with van der Waals surface area (Å²) in [5, 5.41) is 29.3. The van der Waals surface area contributed by atoms with Crippen LogP contribution in [-0.2, 0) is 11.2 Å². The fourth-order valence-corrected chi connectivity index (χ4v) is 2.79. The lowest BCUT2D eigenvalue weighted by atomic mass is 9.96. The summed E-state index contributed by atoms with van der Waals surface area (Å²) >= 11 is 11.7. The SMILES string of the molecule is O=C1C=C(O)C(Cc2ccc(O)c(Cl)c2)=CC1=Nc1ccc(O)c(Cl)c1. The first-order chi connectivity index (χ1) is 12.3. The third kappa shape index (κ3) is 3.90. The first-order valence-electron chi connectivity index (χ1n) is 7.54. The lowest BCUT2D eigenvalue weighted by Crippen LogP contribution is -2.16. The number of aliphatic hydroxyl groups is 1. The van der Waals surface area contributed by atoms with Gasteiger partial charge in [0.05, 0.1) is 15.7 Å². The number of benzene rings is 2. The van der Waals surface area contributed by atoms with Gasteiger partial charge in [0.15, 0.2) is 0 Å². The second kappa shape index (κ2) is 7.23. The molecule has 0 aromatic heterocycles. The second-order valence-electron chi connectivity index (χ2n) is 5.66. The molecule has 3 rings (SSSR count). The minimum atomic E-state index is -0.445. The van der Waals surface area contributed by atoms with Crippen molar-refractivity contribution in [2.45, 2.75) is 6.42 Å². The molecule has 0 heterocycles. The van der Waals surface area contributed by atoms with Crippen LogP contribution >= 0.6 is 23.2 Å². The number of hydrogen-bond donors (Lipinski definition) is 3. The molecule has 1 aliphatic carbocycles. The molecule has 5 nitrogen and oxygen atoms in total. The molecule has 7 heteroatoms. The summed E-state index contributed by atoms with van der Waals surface area (Å²) in [5.74, 6) is -0.709. The zero-order chi connectivity index (χ0) is 18.8. The predicted molar refractivity (Wildman–Crippen MR) is 101 cm³/mol. The van der Waals surface area contributed by atoms with Gasteiger partial charge in [-0.2, -0.15) is 0 Å². The summed E-state index contributed by atoms with van der Waals surface area (Å²) in [6.07, 6.45) is 2.88. The van der Waals surface area contributed by atoms with Crippen LogP contribution in [0.4, 0.5) is 5.69 Å². The highest BCUT2D eigenvalue weighted by atomic mass is 35.5. The molecule has 132 valence electrons. The van der Waals surface area contributed by atoms with Crippen LogP contribution in [0.1, 0.15) is 5.56 Å². The van der Waals surface area contributed by atoms with Crippen molar-refractivity contribution in [1.29, 1.82) is 0 Å². The molecule has 0 fully saturated rings. The van der Waals surface area contributed by atoms with E-state index in [2.05, 4.69) is 4.99 Å². The number of aliphatic hydroxyl groups excluding tert-OH is 1. The van der Waals surface area contributed by atoms with Crippen molar-refractivity contribution in [2.24, 2.45) is 4.99 Å². The molecule has 3 N–H and O–H groups in total. The third-order valence-corrected chi connectivity index (χ3v) is 4.35. The highest BCUT2D eigenvalue weighted by molar-refractivity contribution is 6.49. The Bertz CT molecular complexity index is 993. The minimum absolute atomic E-state index is 0.0329. The topological polar surface area (TPSA) is 90.1 Å². The zero-order valence-electron chi connectivity index (χ0n) is 13.3. The fraction of sp³-hybridized carbons (Fsp3) is 0.0526.